The molecule has 5 nitrogen and oxygen atoms in total. The van der Waals surface area contributed by atoms with Gasteiger partial charge in [0.1, 0.15) is 0 Å². The van der Waals surface area contributed by atoms with E-state index < -0.39 is 9.84 Å². The monoisotopic (exact) mass is 243 g/mol. The predicted molar refractivity (Wildman–Crippen MR) is 61.8 cm³/mol. The smallest absolute Gasteiger partial charge is 0.151 e. The molecule has 1 fully saturated rings. The quantitative estimate of drug-likeness (QED) is 0.819. The Morgan fingerprint density at radius 3 is 3.06 bits per heavy atom. The molecule has 0 spiro atoms. The molecular weight excluding hydrogens is 226 g/mol. The summed E-state index contributed by atoms with van der Waals surface area (Å²) >= 11 is 0. The highest BCUT2D eigenvalue weighted by Gasteiger charge is 2.27. The van der Waals surface area contributed by atoms with Crippen LogP contribution in [-0.2, 0) is 22.9 Å². The largest absolute Gasteiger partial charge is 0.307 e. The Kier molecular flexibility index (Phi) is 3.30. The third-order valence-electron chi connectivity index (χ3n) is 2.91. The Hall–Kier alpha value is -0.880. The Balaban J connectivity index is 1.89. The van der Waals surface area contributed by atoms with E-state index in [9.17, 15) is 8.42 Å². The Morgan fingerprint density at radius 1 is 1.62 bits per heavy atom. The number of rotatable bonds is 4. The van der Waals surface area contributed by atoms with Crippen molar-refractivity contribution in [1.82, 2.24) is 15.1 Å². The van der Waals surface area contributed by atoms with Crippen molar-refractivity contribution in [3.63, 3.8) is 0 Å². The van der Waals surface area contributed by atoms with Crippen LogP contribution in [0.1, 0.15) is 19.0 Å². The first-order valence-electron chi connectivity index (χ1n) is 5.55. The maximum absolute atomic E-state index is 11.3. The van der Waals surface area contributed by atoms with E-state index in [1.54, 1.807) is 6.20 Å². The molecule has 0 aliphatic carbocycles. The summed E-state index contributed by atoms with van der Waals surface area (Å²) in [6.45, 7) is 3.57. The molecule has 0 bridgehead atoms. The summed E-state index contributed by atoms with van der Waals surface area (Å²) in [6, 6.07) is 2.06. The number of nitrogens with one attached hydrogen (secondary N) is 1. The highest BCUT2D eigenvalue weighted by atomic mass is 32.2. The van der Waals surface area contributed by atoms with Gasteiger partial charge in [0.15, 0.2) is 9.84 Å². The van der Waals surface area contributed by atoms with Crippen LogP contribution in [0.4, 0.5) is 0 Å². The van der Waals surface area contributed by atoms with Gasteiger partial charge >= 0.3 is 0 Å². The van der Waals surface area contributed by atoms with Crippen molar-refractivity contribution < 1.29 is 8.42 Å². The van der Waals surface area contributed by atoms with E-state index in [2.05, 4.69) is 10.4 Å². The number of aromatic nitrogens is 2. The normalized spacial score (nSPS) is 23.7. The van der Waals surface area contributed by atoms with Gasteiger partial charge in [-0.2, -0.15) is 5.10 Å². The molecule has 1 atom stereocenters. The topological polar surface area (TPSA) is 64.0 Å². The Morgan fingerprint density at radius 2 is 2.44 bits per heavy atom. The van der Waals surface area contributed by atoms with E-state index >= 15 is 0 Å². The third kappa shape index (κ3) is 2.62. The van der Waals surface area contributed by atoms with Crippen LogP contribution in [0.15, 0.2) is 12.3 Å². The van der Waals surface area contributed by atoms with Crippen molar-refractivity contribution in [1.29, 1.82) is 0 Å². The summed E-state index contributed by atoms with van der Waals surface area (Å²) < 4.78 is 24.4. The molecule has 1 aromatic heterocycles. The van der Waals surface area contributed by atoms with E-state index in [-0.39, 0.29) is 11.8 Å². The van der Waals surface area contributed by atoms with E-state index in [1.807, 2.05) is 17.7 Å². The highest BCUT2D eigenvalue weighted by molar-refractivity contribution is 7.91. The SMILES string of the molecule is CCn1nccc1CNC1CCS(=O)(=O)C1. The van der Waals surface area contributed by atoms with E-state index in [4.69, 9.17) is 0 Å². The standard InChI is InChI=1S/C10H17N3O2S/c1-2-13-10(3-5-12-13)7-11-9-4-6-16(14,15)8-9/h3,5,9,11H,2,4,6-8H2,1H3. The number of aryl methyl sites for hydroxylation is 1. The average molecular weight is 243 g/mol. The summed E-state index contributed by atoms with van der Waals surface area (Å²) in [4.78, 5) is 0. The molecule has 0 aromatic carbocycles. The lowest BCUT2D eigenvalue weighted by Gasteiger charge is -2.11. The molecule has 2 heterocycles. The molecule has 1 aromatic rings. The molecule has 0 saturated carbocycles. The number of hydrogen-bond donors (Lipinski definition) is 1. The van der Waals surface area contributed by atoms with E-state index in [0.717, 1.165) is 18.7 Å². The zero-order chi connectivity index (χ0) is 11.6. The molecule has 90 valence electrons. The van der Waals surface area contributed by atoms with Crippen molar-refractivity contribution in [3.05, 3.63) is 18.0 Å². The van der Waals surface area contributed by atoms with Crippen molar-refractivity contribution in [2.45, 2.75) is 32.5 Å². The zero-order valence-corrected chi connectivity index (χ0v) is 10.2. The highest BCUT2D eigenvalue weighted by Crippen LogP contribution is 2.12. The van der Waals surface area contributed by atoms with Gasteiger partial charge < -0.3 is 5.32 Å². The van der Waals surface area contributed by atoms with Crippen LogP contribution in [0.2, 0.25) is 0 Å². The molecule has 16 heavy (non-hydrogen) atoms. The maximum Gasteiger partial charge on any atom is 0.151 e. The van der Waals surface area contributed by atoms with Crippen LogP contribution in [0.25, 0.3) is 0 Å². The Bertz CT molecular complexity index is 452. The van der Waals surface area contributed by atoms with Crippen molar-refractivity contribution >= 4 is 9.84 Å². The first-order chi connectivity index (χ1) is 7.61. The summed E-state index contributed by atoms with van der Waals surface area (Å²) in [7, 11) is -2.79. The molecular formula is C10H17N3O2S. The first kappa shape index (κ1) is 11.6. The lowest BCUT2D eigenvalue weighted by atomic mass is 10.2. The molecule has 1 N–H and O–H groups in total. The molecule has 2 rings (SSSR count). The van der Waals surface area contributed by atoms with Gasteiger partial charge in [-0.25, -0.2) is 8.42 Å². The molecule has 1 unspecified atom stereocenters. The molecule has 0 amide bonds. The number of hydrogen-bond acceptors (Lipinski definition) is 4. The van der Waals surface area contributed by atoms with Gasteiger partial charge in [0, 0.05) is 25.3 Å². The van der Waals surface area contributed by atoms with Gasteiger partial charge in [-0.3, -0.25) is 4.68 Å². The third-order valence-corrected chi connectivity index (χ3v) is 4.68. The molecule has 1 aliphatic rings. The second-order valence-electron chi connectivity index (χ2n) is 4.12. The average Bonchev–Trinajstić information content (AvgIpc) is 2.81. The van der Waals surface area contributed by atoms with Crippen LogP contribution in [0, 0.1) is 0 Å². The minimum Gasteiger partial charge on any atom is -0.307 e. The maximum atomic E-state index is 11.3. The van der Waals surface area contributed by atoms with Crippen molar-refractivity contribution in [2.24, 2.45) is 0 Å². The zero-order valence-electron chi connectivity index (χ0n) is 9.39. The second kappa shape index (κ2) is 4.55. The number of nitrogens with zero attached hydrogens (tertiary/aromatic N) is 2. The van der Waals surface area contributed by atoms with E-state index in [0.29, 0.717) is 12.3 Å². The van der Waals surface area contributed by atoms with Gasteiger partial charge in [-0.15, -0.1) is 0 Å². The van der Waals surface area contributed by atoms with Crippen molar-refractivity contribution in [2.75, 3.05) is 11.5 Å². The lowest BCUT2D eigenvalue weighted by molar-refractivity contribution is 0.521. The van der Waals surface area contributed by atoms with Gasteiger partial charge in [0.25, 0.3) is 0 Å². The van der Waals surface area contributed by atoms with Crippen LogP contribution in [0.3, 0.4) is 0 Å². The fourth-order valence-electron chi connectivity index (χ4n) is 2.00. The summed E-state index contributed by atoms with van der Waals surface area (Å²) in [6.07, 6.45) is 2.49. The van der Waals surface area contributed by atoms with E-state index in [1.165, 1.54) is 0 Å². The van der Waals surface area contributed by atoms with Crippen LogP contribution in [0.5, 0.6) is 0 Å². The lowest BCUT2D eigenvalue weighted by Crippen LogP contribution is -2.30. The minimum atomic E-state index is -2.79. The van der Waals surface area contributed by atoms with Crippen LogP contribution >= 0.6 is 0 Å². The molecule has 1 saturated heterocycles. The predicted octanol–water partition coefficient (Wildman–Crippen LogP) is 0.180. The minimum absolute atomic E-state index is 0.102. The van der Waals surface area contributed by atoms with Gasteiger partial charge in [-0.05, 0) is 19.4 Å². The van der Waals surface area contributed by atoms with Crippen LogP contribution in [-0.4, -0.2) is 35.7 Å². The first-order valence-corrected chi connectivity index (χ1v) is 7.37. The van der Waals surface area contributed by atoms with Crippen LogP contribution < -0.4 is 5.32 Å². The molecule has 6 heteroatoms. The fraction of sp³-hybridized carbons (Fsp3) is 0.700. The summed E-state index contributed by atoms with van der Waals surface area (Å²) in [5.41, 5.74) is 1.10. The van der Waals surface area contributed by atoms with Crippen molar-refractivity contribution in [3.8, 4) is 0 Å². The Labute approximate surface area is 95.8 Å². The molecule has 1 aliphatic heterocycles. The number of sulfone groups is 1. The molecule has 0 radical (unpaired) electrons. The van der Waals surface area contributed by atoms with Gasteiger partial charge in [0.2, 0.25) is 0 Å². The summed E-state index contributed by atoms with van der Waals surface area (Å²) in [5.74, 6) is 0.588. The fourth-order valence-corrected chi connectivity index (χ4v) is 3.71. The second-order valence-corrected chi connectivity index (χ2v) is 6.35. The summed E-state index contributed by atoms with van der Waals surface area (Å²) in [5, 5.41) is 7.44. The van der Waals surface area contributed by atoms with Gasteiger partial charge in [-0.1, -0.05) is 0 Å². The van der Waals surface area contributed by atoms with Gasteiger partial charge in [0.05, 0.1) is 17.2 Å².